The minimum atomic E-state index is -0.454. The molecule has 1 aromatic carbocycles. The zero-order valence-electron chi connectivity index (χ0n) is 10.9. The van der Waals surface area contributed by atoms with Crippen molar-refractivity contribution in [2.24, 2.45) is 11.5 Å². The summed E-state index contributed by atoms with van der Waals surface area (Å²) in [4.78, 5) is 22.2. The summed E-state index contributed by atoms with van der Waals surface area (Å²) in [6.45, 7) is 0.229. The van der Waals surface area contributed by atoms with Crippen LogP contribution in [0.5, 0.6) is 5.75 Å². The van der Waals surface area contributed by atoms with E-state index in [1.54, 1.807) is 13.2 Å². The number of amides is 2. The Morgan fingerprint density at radius 2 is 2.05 bits per heavy atom. The second-order valence-corrected chi connectivity index (χ2v) is 4.12. The fraction of sp³-hybridized carbons (Fsp3) is 0.385. The van der Waals surface area contributed by atoms with Gasteiger partial charge in [-0.15, -0.1) is 0 Å². The van der Waals surface area contributed by atoms with Gasteiger partial charge in [-0.25, -0.2) is 0 Å². The molecule has 6 heteroatoms. The van der Waals surface area contributed by atoms with E-state index >= 15 is 0 Å². The third kappa shape index (κ3) is 4.97. The number of carbonyl (C=O) groups is 2. The normalized spacial score (nSPS) is 11.7. The van der Waals surface area contributed by atoms with Crippen molar-refractivity contribution in [1.29, 1.82) is 0 Å². The van der Waals surface area contributed by atoms with E-state index in [9.17, 15) is 9.59 Å². The summed E-state index contributed by atoms with van der Waals surface area (Å²) in [7, 11) is 1.55. The zero-order valence-corrected chi connectivity index (χ0v) is 10.9. The van der Waals surface area contributed by atoms with Crippen LogP contribution in [0.15, 0.2) is 24.3 Å². The molecule has 0 unspecified atom stereocenters. The Balaban J connectivity index is 2.52. The molecule has 6 nitrogen and oxygen atoms in total. The molecule has 0 radical (unpaired) electrons. The van der Waals surface area contributed by atoms with Crippen molar-refractivity contribution >= 4 is 11.8 Å². The predicted octanol–water partition coefficient (Wildman–Crippen LogP) is 0.0767. The number of hydrogen-bond donors (Lipinski definition) is 3. The van der Waals surface area contributed by atoms with Gasteiger partial charge < -0.3 is 21.5 Å². The van der Waals surface area contributed by atoms with Gasteiger partial charge in [0, 0.05) is 31.0 Å². The molecule has 0 fully saturated rings. The van der Waals surface area contributed by atoms with Gasteiger partial charge in [0.2, 0.25) is 11.8 Å². The van der Waals surface area contributed by atoms with E-state index in [2.05, 4.69) is 5.32 Å². The summed E-state index contributed by atoms with van der Waals surface area (Å²) < 4.78 is 5.19. The van der Waals surface area contributed by atoms with Gasteiger partial charge in [0.1, 0.15) is 5.75 Å². The highest BCUT2D eigenvalue weighted by Crippen LogP contribution is 2.24. The Morgan fingerprint density at radius 3 is 2.68 bits per heavy atom. The van der Waals surface area contributed by atoms with Gasteiger partial charge in [-0.3, -0.25) is 9.59 Å². The molecule has 1 atom stereocenters. The van der Waals surface area contributed by atoms with Crippen LogP contribution in [-0.4, -0.2) is 25.5 Å². The Labute approximate surface area is 112 Å². The second-order valence-electron chi connectivity index (χ2n) is 4.12. The summed E-state index contributed by atoms with van der Waals surface area (Å²) in [6, 6.07) is 6.83. The highest BCUT2D eigenvalue weighted by atomic mass is 16.5. The second kappa shape index (κ2) is 7.38. The van der Waals surface area contributed by atoms with E-state index in [4.69, 9.17) is 16.2 Å². The van der Waals surface area contributed by atoms with Crippen molar-refractivity contribution in [1.82, 2.24) is 5.32 Å². The summed E-state index contributed by atoms with van der Waals surface area (Å²) >= 11 is 0. The average Bonchev–Trinajstić information content (AvgIpc) is 2.38. The zero-order chi connectivity index (χ0) is 14.3. The maximum absolute atomic E-state index is 11.6. The van der Waals surface area contributed by atoms with Crippen molar-refractivity contribution < 1.29 is 14.3 Å². The first kappa shape index (κ1) is 15.0. The van der Waals surface area contributed by atoms with Crippen LogP contribution in [0.25, 0.3) is 0 Å². The Hall–Kier alpha value is -2.08. The first-order valence-corrected chi connectivity index (χ1v) is 5.98. The molecule has 0 saturated heterocycles. The fourth-order valence-corrected chi connectivity index (χ4v) is 1.68. The van der Waals surface area contributed by atoms with Crippen LogP contribution < -0.4 is 21.5 Å². The topological polar surface area (TPSA) is 107 Å². The highest BCUT2D eigenvalue weighted by Gasteiger charge is 2.15. The summed E-state index contributed by atoms with van der Waals surface area (Å²) in [5.74, 6) is -0.0195. The van der Waals surface area contributed by atoms with E-state index in [0.717, 1.165) is 5.56 Å². The van der Waals surface area contributed by atoms with Gasteiger partial charge in [-0.2, -0.15) is 0 Å². The van der Waals surface area contributed by atoms with Crippen molar-refractivity contribution in [3.05, 3.63) is 29.8 Å². The van der Waals surface area contributed by atoms with E-state index in [0.29, 0.717) is 5.75 Å². The summed E-state index contributed by atoms with van der Waals surface area (Å²) in [6.07, 6.45) is 0.245. The standard InChI is InChI=1S/C13H19N3O3/c1-19-11-5-3-2-4-9(11)10(14)8-13(18)16-7-6-12(15)17/h2-5,10H,6-8,14H2,1H3,(H2,15,17)(H,16,18)/t10-/m0/s1. The molecule has 2 amide bonds. The number of carbonyl (C=O) groups excluding carboxylic acids is 2. The lowest BCUT2D eigenvalue weighted by Gasteiger charge is -2.15. The molecule has 0 bridgehead atoms. The van der Waals surface area contributed by atoms with E-state index < -0.39 is 11.9 Å². The van der Waals surface area contributed by atoms with Gasteiger partial charge in [0.25, 0.3) is 0 Å². The Morgan fingerprint density at radius 1 is 1.37 bits per heavy atom. The lowest BCUT2D eigenvalue weighted by atomic mass is 10.0. The Bertz CT molecular complexity index is 449. The number of ether oxygens (including phenoxy) is 1. The maximum atomic E-state index is 11.6. The largest absolute Gasteiger partial charge is 0.496 e. The van der Waals surface area contributed by atoms with Crippen LogP contribution >= 0.6 is 0 Å². The number of benzene rings is 1. The lowest BCUT2D eigenvalue weighted by Crippen LogP contribution is -2.30. The van der Waals surface area contributed by atoms with E-state index in [-0.39, 0.29) is 25.3 Å². The molecule has 0 aliphatic rings. The van der Waals surface area contributed by atoms with Crippen molar-refractivity contribution in [2.75, 3.05) is 13.7 Å². The molecule has 0 aliphatic heterocycles. The molecule has 0 heterocycles. The molecule has 0 saturated carbocycles. The summed E-state index contributed by atoms with van der Waals surface area (Å²) in [5, 5.41) is 2.59. The maximum Gasteiger partial charge on any atom is 0.221 e. The predicted molar refractivity (Wildman–Crippen MR) is 71.4 cm³/mol. The molecule has 0 aromatic heterocycles. The van der Waals surface area contributed by atoms with E-state index in [1.165, 1.54) is 0 Å². The van der Waals surface area contributed by atoms with Crippen molar-refractivity contribution in [3.8, 4) is 5.75 Å². The van der Waals surface area contributed by atoms with Crippen LogP contribution in [0, 0.1) is 0 Å². The number of nitrogens with one attached hydrogen (secondary N) is 1. The minimum Gasteiger partial charge on any atom is -0.496 e. The van der Waals surface area contributed by atoms with Crippen LogP contribution in [-0.2, 0) is 9.59 Å². The molecular formula is C13H19N3O3. The number of hydrogen-bond acceptors (Lipinski definition) is 4. The van der Waals surface area contributed by atoms with Crippen LogP contribution in [0.3, 0.4) is 0 Å². The molecular weight excluding hydrogens is 246 g/mol. The molecule has 1 rings (SSSR count). The quantitative estimate of drug-likeness (QED) is 0.648. The number of primary amides is 1. The average molecular weight is 265 g/mol. The molecule has 19 heavy (non-hydrogen) atoms. The monoisotopic (exact) mass is 265 g/mol. The molecule has 0 spiro atoms. The highest BCUT2D eigenvalue weighted by molar-refractivity contribution is 5.78. The van der Waals surface area contributed by atoms with Gasteiger partial charge in [-0.1, -0.05) is 18.2 Å². The van der Waals surface area contributed by atoms with Crippen molar-refractivity contribution in [2.45, 2.75) is 18.9 Å². The third-order valence-corrected chi connectivity index (χ3v) is 2.64. The first-order valence-electron chi connectivity index (χ1n) is 5.98. The van der Waals surface area contributed by atoms with Crippen LogP contribution in [0.4, 0.5) is 0 Å². The van der Waals surface area contributed by atoms with E-state index in [1.807, 2.05) is 18.2 Å². The number of nitrogens with two attached hydrogens (primary N) is 2. The summed E-state index contributed by atoms with van der Waals surface area (Å²) in [5.41, 5.74) is 11.7. The van der Waals surface area contributed by atoms with Gasteiger partial charge >= 0.3 is 0 Å². The Kier molecular flexibility index (Phi) is 5.81. The van der Waals surface area contributed by atoms with Crippen LogP contribution in [0.2, 0.25) is 0 Å². The smallest absolute Gasteiger partial charge is 0.221 e. The van der Waals surface area contributed by atoms with Crippen molar-refractivity contribution in [3.63, 3.8) is 0 Å². The SMILES string of the molecule is COc1ccccc1[C@@H](N)CC(=O)NCCC(N)=O. The third-order valence-electron chi connectivity index (χ3n) is 2.64. The molecule has 5 N–H and O–H groups in total. The number of para-hydroxylation sites is 1. The number of methoxy groups -OCH3 is 1. The van der Waals surface area contributed by atoms with Crippen LogP contribution in [0.1, 0.15) is 24.4 Å². The molecule has 104 valence electrons. The lowest BCUT2D eigenvalue weighted by molar-refractivity contribution is -0.121. The first-order chi connectivity index (χ1) is 9.04. The molecule has 0 aliphatic carbocycles. The fourth-order valence-electron chi connectivity index (χ4n) is 1.68. The van der Waals surface area contributed by atoms with Gasteiger partial charge in [0.05, 0.1) is 7.11 Å². The van der Waals surface area contributed by atoms with Gasteiger partial charge in [-0.05, 0) is 6.07 Å². The number of rotatable bonds is 7. The molecule has 1 aromatic rings. The minimum absolute atomic E-state index is 0.121. The van der Waals surface area contributed by atoms with Gasteiger partial charge in [0.15, 0.2) is 0 Å².